The number of alkyl halides is 2. The van der Waals surface area contributed by atoms with Gasteiger partial charge in [-0.1, -0.05) is 24.6 Å². The first kappa shape index (κ1) is 27.0. The van der Waals surface area contributed by atoms with Crippen molar-refractivity contribution < 1.29 is 28.2 Å². The Morgan fingerprint density at radius 1 is 1.26 bits per heavy atom. The highest BCUT2D eigenvalue weighted by molar-refractivity contribution is 6.31. The van der Waals surface area contributed by atoms with Crippen LogP contribution < -0.4 is 10.3 Å². The van der Waals surface area contributed by atoms with E-state index in [0.717, 1.165) is 6.08 Å². The van der Waals surface area contributed by atoms with Crippen LogP contribution in [0.25, 0.3) is 11.1 Å². The third-order valence-electron chi connectivity index (χ3n) is 4.76. The second kappa shape index (κ2) is 10.8. The van der Waals surface area contributed by atoms with Gasteiger partial charge in [0.1, 0.15) is 17.4 Å². The molecule has 1 aromatic heterocycles. The van der Waals surface area contributed by atoms with Gasteiger partial charge in [-0.15, -0.1) is 0 Å². The summed E-state index contributed by atoms with van der Waals surface area (Å²) in [6.07, 6.45) is -0.640. The molecular formula is C24H28ClF2N2O5+. The average molecular weight is 498 g/mol. The lowest BCUT2D eigenvalue weighted by Crippen LogP contribution is -2.34. The Morgan fingerprint density at radius 3 is 2.44 bits per heavy atom. The molecule has 1 aromatic carbocycles. The number of nitrogens with zero attached hydrogens (tertiary/aromatic N) is 1. The molecule has 0 aliphatic rings. The van der Waals surface area contributed by atoms with Crippen LogP contribution in [0.4, 0.5) is 8.78 Å². The third kappa shape index (κ3) is 6.44. The summed E-state index contributed by atoms with van der Waals surface area (Å²) in [5.74, 6) is -1.39. The van der Waals surface area contributed by atoms with Crippen LogP contribution in [0.1, 0.15) is 45.7 Å². The van der Waals surface area contributed by atoms with Crippen LogP contribution in [0.5, 0.6) is 5.75 Å². The Hall–Kier alpha value is -3.20. The summed E-state index contributed by atoms with van der Waals surface area (Å²) in [6, 6.07) is 4.71. The zero-order chi connectivity index (χ0) is 25.8. The third-order valence-corrected chi connectivity index (χ3v) is 5.00. The van der Waals surface area contributed by atoms with Gasteiger partial charge < -0.3 is 14.6 Å². The fraction of sp³-hybridized carbons (Fsp3) is 0.375. The van der Waals surface area contributed by atoms with Gasteiger partial charge in [-0.3, -0.25) is 14.8 Å². The molecule has 0 saturated heterocycles. The van der Waals surface area contributed by atoms with Crippen molar-refractivity contribution in [1.82, 2.24) is 4.57 Å². The number of methoxy groups -OCH3 is 1. The number of carbonyl (C=O) groups excluding carboxylic acids is 1. The molecule has 0 fully saturated rings. The predicted octanol–water partition coefficient (Wildman–Crippen LogP) is 4.71. The van der Waals surface area contributed by atoms with Gasteiger partial charge in [0.2, 0.25) is 0 Å². The summed E-state index contributed by atoms with van der Waals surface area (Å²) in [5, 5.41) is 15.9. The number of ether oxygens (including phenoxy) is 2. The van der Waals surface area contributed by atoms with Gasteiger partial charge in [0.15, 0.2) is 0 Å². The highest BCUT2D eigenvalue weighted by Crippen LogP contribution is 2.34. The van der Waals surface area contributed by atoms with Crippen LogP contribution in [-0.2, 0) is 9.53 Å². The van der Waals surface area contributed by atoms with Crippen LogP contribution in [0, 0.1) is 5.41 Å². The number of halogens is 3. The molecule has 7 nitrogen and oxygen atoms in total. The fourth-order valence-electron chi connectivity index (χ4n) is 3.26. The van der Waals surface area contributed by atoms with Gasteiger partial charge in [-0.05, 0) is 44.9 Å². The lowest BCUT2D eigenvalue weighted by atomic mass is 9.96. The van der Waals surface area contributed by atoms with Crippen molar-refractivity contribution in [2.75, 3.05) is 7.11 Å². The van der Waals surface area contributed by atoms with Gasteiger partial charge in [0.25, 0.3) is 11.3 Å². The fourth-order valence-corrected chi connectivity index (χ4v) is 3.43. The molecule has 0 aliphatic heterocycles. The monoisotopic (exact) mass is 497 g/mol. The molecule has 3 N–H and O–H groups in total. The number of hydrogen-bond donors (Lipinski definition) is 1. The molecule has 2 rings (SSSR count). The molecule has 0 radical (unpaired) electrons. The van der Waals surface area contributed by atoms with Crippen molar-refractivity contribution in [3.8, 4) is 16.9 Å². The van der Waals surface area contributed by atoms with E-state index in [9.17, 15) is 18.4 Å². The smallest absolute Gasteiger partial charge is 0.341 e. The van der Waals surface area contributed by atoms with E-state index >= 15 is 0 Å². The standard InChI is InChI=1S/C24H27ClF2N2O5/c1-6-18(23(32)34-24(2,3)4)29-12-20(33-5)16(10-21(29)31)15-9-13(25)7-8-14(15)17(28)11-19(30)22(26)27/h7-12,18,22,28,30H,6H2,1-5H3/p+1/b19-11-,28-17?. The second-order valence-corrected chi connectivity index (χ2v) is 8.90. The lowest BCUT2D eigenvalue weighted by Gasteiger charge is -2.25. The van der Waals surface area contributed by atoms with Gasteiger partial charge in [0, 0.05) is 22.2 Å². The highest BCUT2D eigenvalue weighted by atomic mass is 35.5. The van der Waals surface area contributed by atoms with E-state index in [1.54, 1.807) is 27.7 Å². The summed E-state index contributed by atoms with van der Waals surface area (Å²) < 4.78 is 37.7. The number of aromatic nitrogens is 1. The maximum Gasteiger partial charge on any atom is 0.341 e. The molecule has 1 heterocycles. The van der Waals surface area contributed by atoms with Crippen molar-refractivity contribution in [3.63, 3.8) is 0 Å². The van der Waals surface area contributed by atoms with E-state index < -0.39 is 35.4 Å². The molecule has 0 spiro atoms. The molecule has 2 aromatic rings. The van der Waals surface area contributed by atoms with Gasteiger partial charge in [0.05, 0.1) is 25.1 Å². The summed E-state index contributed by atoms with van der Waals surface area (Å²) in [6.45, 7) is 6.92. The van der Waals surface area contributed by atoms with Gasteiger partial charge in [-0.25, -0.2) is 4.79 Å². The average Bonchev–Trinajstić information content (AvgIpc) is 2.73. The number of allylic oxidation sites excluding steroid dienone is 2. The number of benzene rings is 1. The number of carbonyl (C=O) groups is 1. The first-order valence-electron chi connectivity index (χ1n) is 10.4. The van der Waals surface area contributed by atoms with E-state index in [0.29, 0.717) is 0 Å². The highest BCUT2D eigenvalue weighted by Gasteiger charge is 2.27. The summed E-state index contributed by atoms with van der Waals surface area (Å²) in [7, 11) is 1.37. The number of nitrogens with one attached hydrogen (secondary N) is 1. The Labute approximate surface area is 201 Å². The molecule has 0 bridgehead atoms. The van der Waals surface area contributed by atoms with Crippen molar-refractivity contribution in [2.45, 2.75) is 52.2 Å². The van der Waals surface area contributed by atoms with Crippen molar-refractivity contribution in [3.05, 3.63) is 63.2 Å². The van der Waals surface area contributed by atoms with Crippen LogP contribution in [0.3, 0.4) is 0 Å². The van der Waals surface area contributed by atoms with Crippen LogP contribution in [0.15, 0.2) is 47.1 Å². The summed E-state index contributed by atoms with van der Waals surface area (Å²) >= 11 is 6.14. The zero-order valence-corrected chi connectivity index (χ0v) is 20.3. The van der Waals surface area contributed by atoms with Crippen LogP contribution in [0.2, 0.25) is 5.02 Å². The lowest BCUT2D eigenvalue weighted by molar-refractivity contribution is -0.159. The molecular weight excluding hydrogens is 470 g/mol. The quantitative estimate of drug-likeness (QED) is 0.247. The first-order chi connectivity index (χ1) is 15.8. The van der Waals surface area contributed by atoms with E-state index in [-0.39, 0.29) is 39.6 Å². The maximum atomic E-state index is 13.1. The maximum absolute atomic E-state index is 13.1. The molecule has 10 heteroatoms. The van der Waals surface area contributed by atoms with E-state index in [4.69, 9.17) is 31.6 Å². The molecule has 0 saturated carbocycles. The van der Waals surface area contributed by atoms with Crippen LogP contribution in [-0.4, -0.2) is 40.5 Å². The minimum Gasteiger partial charge on any atom is -0.592 e. The summed E-state index contributed by atoms with van der Waals surface area (Å²) in [4.78, 5) is 25.7. The van der Waals surface area contributed by atoms with Crippen molar-refractivity contribution >= 4 is 23.3 Å². The number of rotatable bonds is 8. The van der Waals surface area contributed by atoms with E-state index in [1.807, 2.05) is 0 Å². The molecule has 184 valence electrons. The molecule has 0 aliphatic carbocycles. The molecule has 1 unspecified atom stereocenters. The Balaban J connectivity index is 2.67. The molecule has 0 amide bonds. The SMILES string of the molecule is CCC(C(=O)OC(C)(C)C)n1cc(OC)c(-c2cc(Cl)ccc2C(=N)/C=C(\[OH2+])C(F)F)cc1=O. The topological polar surface area (TPSA) is 104 Å². The Bertz CT molecular complexity index is 1170. The Morgan fingerprint density at radius 2 is 1.91 bits per heavy atom. The first-order valence-corrected chi connectivity index (χ1v) is 10.8. The number of pyridine rings is 1. The van der Waals surface area contributed by atoms with Crippen molar-refractivity contribution in [2.24, 2.45) is 0 Å². The normalized spacial score (nSPS) is 13.0. The van der Waals surface area contributed by atoms with Crippen LogP contribution >= 0.6 is 11.6 Å². The number of hydrogen-bond acceptors (Lipinski definition) is 5. The zero-order valence-electron chi connectivity index (χ0n) is 19.5. The second-order valence-electron chi connectivity index (χ2n) is 8.46. The van der Waals surface area contributed by atoms with E-state index in [1.165, 1.54) is 42.1 Å². The minimum absolute atomic E-state index is 0.171. The van der Waals surface area contributed by atoms with E-state index in [2.05, 4.69) is 0 Å². The number of esters is 1. The van der Waals surface area contributed by atoms with Crippen molar-refractivity contribution in [1.29, 1.82) is 5.41 Å². The Kier molecular flexibility index (Phi) is 8.61. The molecule has 1 atom stereocenters. The summed E-state index contributed by atoms with van der Waals surface area (Å²) in [5.41, 5.74) is -0.927. The van der Waals surface area contributed by atoms with Gasteiger partial charge >= 0.3 is 12.4 Å². The van der Waals surface area contributed by atoms with Gasteiger partial charge in [-0.2, -0.15) is 8.78 Å². The largest absolute Gasteiger partial charge is 0.592 e. The minimum atomic E-state index is -3.03. The predicted molar refractivity (Wildman–Crippen MR) is 127 cm³/mol. The molecule has 34 heavy (non-hydrogen) atoms.